The Morgan fingerprint density at radius 1 is 1.00 bits per heavy atom. The first kappa shape index (κ1) is 18.4. The van der Waals surface area contributed by atoms with Crippen LogP contribution < -0.4 is 4.74 Å². The van der Waals surface area contributed by atoms with Gasteiger partial charge in [-0.2, -0.15) is 0 Å². The lowest BCUT2D eigenvalue weighted by Crippen LogP contribution is -2.42. The van der Waals surface area contributed by atoms with Gasteiger partial charge in [0.2, 0.25) is 5.88 Å². The Kier molecular flexibility index (Phi) is 6.00. The summed E-state index contributed by atoms with van der Waals surface area (Å²) < 4.78 is 11.8. The number of hydrogen-bond acceptors (Lipinski definition) is 5. The monoisotopic (exact) mass is 367 g/mol. The third kappa shape index (κ3) is 5.05. The van der Waals surface area contributed by atoms with E-state index in [9.17, 15) is 0 Å². The summed E-state index contributed by atoms with van der Waals surface area (Å²) in [4.78, 5) is 11.3. The van der Waals surface area contributed by atoms with Crippen LogP contribution in [-0.4, -0.2) is 47.8 Å². The summed E-state index contributed by atoms with van der Waals surface area (Å²) >= 11 is 0. The van der Waals surface area contributed by atoms with Crippen molar-refractivity contribution < 1.29 is 9.47 Å². The molecular formula is C22H29N3O2. The first-order valence-corrected chi connectivity index (χ1v) is 10.1. The van der Waals surface area contributed by atoms with Crippen molar-refractivity contribution in [1.29, 1.82) is 0 Å². The fraction of sp³-hybridized carbons (Fsp3) is 0.545. The summed E-state index contributed by atoms with van der Waals surface area (Å²) in [5.74, 6) is 0.718. The minimum Gasteiger partial charge on any atom is -0.475 e. The van der Waals surface area contributed by atoms with Crippen molar-refractivity contribution in [2.75, 3.05) is 32.9 Å². The molecule has 0 radical (unpaired) electrons. The molecule has 0 amide bonds. The number of likely N-dealkylation sites (tertiary alicyclic amines) is 1. The van der Waals surface area contributed by atoms with Crippen LogP contribution in [0.25, 0.3) is 0 Å². The van der Waals surface area contributed by atoms with Gasteiger partial charge in [0.05, 0.1) is 13.2 Å². The van der Waals surface area contributed by atoms with Crippen LogP contribution in [0.15, 0.2) is 42.7 Å². The van der Waals surface area contributed by atoms with Crippen molar-refractivity contribution in [2.24, 2.45) is 5.41 Å². The van der Waals surface area contributed by atoms with E-state index < -0.39 is 0 Å². The topological polar surface area (TPSA) is 47.5 Å². The molecule has 5 heteroatoms. The maximum absolute atomic E-state index is 6.05. The molecule has 0 N–H and O–H groups in total. The van der Waals surface area contributed by atoms with E-state index >= 15 is 0 Å². The maximum atomic E-state index is 6.05. The zero-order valence-corrected chi connectivity index (χ0v) is 16.0. The summed E-state index contributed by atoms with van der Waals surface area (Å²) in [6.07, 6.45) is 9.55. The number of aromatic nitrogens is 2. The minimum absolute atomic E-state index is 0.297. The van der Waals surface area contributed by atoms with Gasteiger partial charge in [-0.25, -0.2) is 4.98 Å². The van der Waals surface area contributed by atoms with Gasteiger partial charge in [0.15, 0.2) is 0 Å². The summed E-state index contributed by atoms with van der Waals surface area (Å²) in [5, 5.41) is 0. The summed E-state index contributed by atoms with van der Waals surface area (Å²) in [5.41, 5.74) is 2.78. The van der Waals surface area contributed by atoms with Crippen LogP contribution in [0.3, 0.4) is 0 Å². The van der Waals surface area contributed by atoms with E-state index in [1.54, 1.807) is 0 Å². The maximum Gasteiger partial charge on any atom is 0.213 e. The number of pyridine rings is 2. The highest BCUT2D eigenvalue weighted by atomic mass is 16.5. The molecule has 1 spiro atoms. The van der Waals surface area contributed by atoms with Gasteiger partial charge >= 0.3 is 0 Å². The lowest BCUT2D eigenvalue weighted by atomic mass is 9.75. The van der Waals surface area contributed by atoms with Crippen LogP contribution in [0, 0.1) is 5.41 Å². The Labute approximate surface area is 161 Å². The van der Waals surface area contributed by atoms with E-state index in [0.717, 1.165) is 50.7 Å². The number of fused-ring (bicyclic) bond motifs is 2. The van der Waals surface area contributed by atoms with E-state index in [0.29, 0.717) is 18.6 Å². The second-order valence-electron chi connectivity index (χ2n) is 7.85. The van der Waals surface area contributed by atoms with Gasteiger partial charge in [-0.3, -0.25) is 9.88 Å². The number of rotatable bonds is 2. The van der Waals surface area contributed by atoms with E-state index in [4.69, 9.17) is 9.47 Å². The predicted molar refractivity (Wildman–Crippen MR) is 105 cm³/mol. The van der Waals surface area contributed by atoms with Crippen LogP contribution in [0.4, 0.5) is 0 Å². The molecule has 2 bridgehead atoms. The second-order valence-corrected chi connectivity index (χ2v) is 7.85. The van der Waals surface area contributed by atoms with Crippen molar-refractivity contribution in [3.05, 3.63) is 54.0 Å². The zero-order valence-electron chi connectivity index (χ0n) is 16.0. The molecule has 1 saturated heterocycles. The Bertz CT molecular complexity index is 715. The first-order valence-electron chi connectivity index (χ1n) is 10.1. The summed E-state index contributed by atoms with van der Waals surface area (Å²) in [6.45, 7) is 5.34. The van der Waals surface area contributed by atoms with Crippen LogP contribution >= 0.6 is 0 Å². The summed E-state index contributed by atoms with van der Waals surface area (Å²) in [6, 6.07) is 10.3. The molecule has 4 heterocycles. The van der Waals surface area contributed by atoms with Crippen LogP contribution in [0.5, 0.6) is 5.88 Å². The number of ether oxygens (including phenoxy) is 2. The molecule has 2 aliphatic rings. The van der Waals surface area contributed by atoms with Crippen LogP contribution in [-0.2, 0) is 17.7 Å². The Morgan fingerprint density at radius 3 is 2.70 bits per heavy atom. The molecule has 1 fully saturated rings. The molecule has 2 aromatic heterocycles. The molecule has 27 heavy (non-hydrogen) atoms. The Morgan fingerprint density at radius 2 is 1.85 bits per heavy atom. The smallest absolute Gasteiger partial charge is 0.213 e. The zero-order chi connectivity index (χ0) is 18.4. The summed E-state index contributed by atoms with van der Waals surface area (Å²) in [7, 11) is 0. The molecule has 5 nitrogen and oxygen atoms in total. The number of hydrogen-bond donors (Lipinski definition) is 0. The highest BCUT2D eigenvalue weighted by Gasteiger charge is 2.34. The fourth-order valence-electron chi connectivity index (χ4n) is 4.21. The molecule has 2 aliphatic heterocycles. The molecule has 144 valence electrons. The molecule has 2 aromatic rings. The second kappa shape index (κ2) is 8.81. The third-order valence-corrected chi connectivity index (χ3v) is 5.88. The van der Waals surface area contributed by atoms with E-state index in [-0.39, 0.29) is 0 Å². The fourth-order valence-corrected chi connectivity index (χ4v) is 4.21. The highest BCUT2D eigenvalue weighted by Crippen LogP contribution is 2.37. The highest BCUT2D eigenvalue weighted by molar-refractivity contribution is 5.16. The minimum atomic E-state index is 0.297. The quantitative estimate of drug-likeness (QED) is 0.813. The average molecular weight is 367 g/mol. The van der Waals surface area contributed by atoms with Gasteiger partial charge in [-0.05, 0) is 74.4 Å². The van der Waals surface area contributed by atoms with Crippen molar-refractivity contribution >= 4 is 0 Å². The largest absolute Gasteiger partial charge is 0.475 e. The van der Waals surface area contributed by atoms with Crippen molar-refractivity contribution in [3.8, 4) is 5.88 Å². The van der Waals surface area contributed by atoms with Crippen LogP contribution in [0.2, 0.25) is 0 Å². The number of aryl methyl sites for hydroxylation is 1. The van der Waals surface area contributed by atoms with Crippen LogP contribution in [0.1, 0.15) is 36.9 Å². The molecular weight excluding hydrogens is 338 g/mol. The van der Waals surface area contributed by atoms with Crippen molar-refractivity contribution in [3.63, 3.8) is 0 Å². The van der Waals surface area contributed by atoms with Gasteiger partial charge < -0.3 is 9.47 Å². The molecule has 0 saturated carbocycles. The standard InChI is InChI=1S/C22H29N3O2/c1-3-20-4-2-8-22(18-26-15-16-27-21(5-1)24-20)9-13-25(14-10-22)17-19-6-11-23-12-7-19/h1,3,5-7,11-12H,2,4,8-10,13-18H2. The van der Waals surface area contributed by atoms with E-state index in [1.165, 1.54) is 24.8 Å². The lowest BCUT2D eigenvalue weighted by molar-refractivity contribution is -0.0159. The van der Waals surface area contributed by atoms with Crippen molar-refractivity contribution in [1.82, 2.24) is 14.9 Å². The molecule has 0 atom stereocenters. The molecule has 4 rings (SSSR count). The van der Waals surface area contributed by atoms with Gasteiger partial charge in [0, 0.05) is 30.7 Å². The van der Waals surface area contributed by atoms with Crippen molar-refractivity contribution in [2.45, 2.75) is 38.6 Å². The molecule has 0 unspecified atom stereocenters. The Balaban J connectivity index is 1.36. The Hall–Kier alpha value is -1.98. The predicted octanol–water partition coefficient (Wildman–Crippen LogP) is 3.49. The van der Waals surface area contributed by atoms with Gasteiger partial charge in [-0.1, -0.05) is 6.07 Å². The van der Waals surface area contributed by atoms with Gasteiger partial charge in [0.1, 0.15) is 6.61 Å². The molecule has 0 aromatic carbocycles. The lowest BCUT2D eigenvalue weighted by Gasteiger charge is -2.42. The van der Waals surface area contributed by atoms with Gasteiger partial charge in [0.25, 0.3) is 0 Å². The third-order valence-electron chi connectivity index (χ3n) is 5.88. The SMILES string of the molecule is c1cc2nc(c1)OCCOCC1(CCC2)CCN(Cc2ccncc2)CC1. The van der Waals surface area contributed by atoms with E-state index in [1.807, 2.05) is 24.5 Å². The number of piperidine rings is 1. The average Bonchev–Trinajstić information content (AvgIpc) is 2.70. The van der Waals surface area contributed by atoms with Gasteiger partial charge in [-0.15, -0.1) is 0 Å². The normalized spacial score (nSPS) is 21.0. The molecule has 0 aliphatic carbocycles. The first-order chi connectivity index (χ1) is 13.3. The van der Waals surface area contributed by atoms with E-state index in [2.05, 4.69) is 33.1 Å². The number of nitrogens with zero attached hydrogens (tertiary/aromatic N) is 3.